The molecule has 0 unspecified atom stereocenters. The molecule has 0 saturated carbocycles. The maximum Gasteiger partial charge on any atom is 0.271 e. The number of nitrogens with zero attached hydrogens (tertiary/aromatic N) is 1. The number of fused-ring (bicyclic) bond motifs is 1. The van der Waals surface area contributed by atoms with Crippen molar-refractivity contribution in [3.63, 3.8) is 0 Å². The average molecular weight is 268 g/mol. The molecular weight excluding hydrogens is 256 g/mol. The fraction of sp³-hybridized carbons (Fsp3) is 0.273. The van der Waals surface area contributed by atoms with Crippen molar-refractivity contribution in [3.05, 3.63) is 33.9 Å². The highest BCUT2D eigenvalue weighted by molar-refractivity contribution is 7.99. The van der Waals surface area contributed by atoms with Crippen LogP contribution in [0, 0.1) is 10.1 Å². The summed E-state index contributed by atoms with van der Waals surface area (Å²) in [5.74, 6) is 0.911. The molecule has 90 valence electrons. The van der Waals surface area contributed by atoms with E-state index in [0.717, 1.165) is 21.7 Å². The Morgan fingerprint density at radius 3 is 2.76 bits per heavy atom. The van der Waals surface area contributed by atoms with Gasteiger partial charge in [-0.05, 0) is 18.6 Å². The van der Waals surface area contributed by atoms with Crippen LogP contribution in [0.3, 0.4) is 0 Å². The Kier molecular flexibility index (Phi) is 3.63. The second kappa shape index (κ2) is 5.01. The van der Waals surface area contributed by atoms with Gasteiger partial charge in [0.1, 0.15) is 0 Å². The van der Waals surface area contributed by atoms with Crippen LogP contribution in [-0.2, 0) is 5.75 Å². The van der Waals surface area contributed by atoms with E-state index in [1.165, 1.54) is 5.56 Å². The van der Waals surface area contributed by atoms with Gasteiger partial charge in [0, 0.05) is 28.8 Å². The first-order chi connectivity index (χ1) is 8.17. The number of non-ortho nitro benzene ring substituents is 1. The molecule has 1 N–H and O–H groups in total. The van der Waals surface area contributed by atoms with Crippen molar-refractivity contribution in [2.24, 2.45) is 0 Å². The number of thioether (sulfide) groups is 2. The zero-order valence-electron chi connectivity index (χ0n) is 9.52. The van der Waals surface area contributed by atoms with Crippen LogP contribution in [0.2, 0.25) is 0 Å². The van der Waals surface area contributed by atoms with Crippen LogP contribution in [-0.4, -0.2) is 22.4 Å². The number of nitro benzene ring substituents is 1. The van der Waals surface area contributed by atoms with E-state index < -0.39 is 0 Å². The van der Waals surface area contributed by atoms with E-state index in [4.69, 9.17) is 0 Å². The number of hydrogen-bond acceptors (Lipinski definition) is 4. The third-order valence-electron chi connectivity index (χ3n) is 2.55. The summed E-state index contributed by atoms with van der Waals surface area (Å²) in [5, 5.41) is 12.9. The molecule has 0 aliphatic rings. The number of benzene rings is 1. The Hall–Kier alpha value is -1.14. The molecule has 0 amide bonds. The first kappa shape index (κ1) is 12.3. The quantitative estimate of drug-likeness (QED) is 0.522. The first-order valence-corrected chi connectivity index (χ1v) is 7.61. The van der Waals surface area contributed by atoms with Gasteiger partial charge >= 0.3 is 0 Å². The fourth-order valence-corrected chi connectivity index (χ4v) is 3.11. The molecule has 0 saturated heterocycles. The summed E-state index contributed by atoms with van der Waals surface area (Å²) in [7, 11) is 0. The summed E-state index contributed by atoms with van der Waals surface area (Å²) < 4.78 is 0. The van der Waals surface area contributed by atoms with Crippen LogP contribution in [0.15, 0.2) is 23.2 Å². The van der Waals surface area contributed by atoms with Crippen LogP contribution in [0.5, 0.6) is 0 Å². The van der Waals surface area contributed by atoms with Gasteiger partial charge < -0.3 is 4.98 Å². The fourth-order valence-electron chi connectivity index (χ4n) is 1.79. The molecule has 0 bridgehead atoms. The standard InChI is InChI=1S/C11H12N2O2S2/c1-16-6-9-8-4-3-7(13(14)15)5-10(8)12-11(9)17-2/h3-5,12H,6H2,1-2H3. The molecule has 2 aromatic rings. The Bertz CT molecular complexity index is 566. The Labute approximate surface area is 107 Å². The van der Waals surface area contributed by atoms with E-state index in [2.05, 4.69) is 4.98 Å². The molecule has 0 radical (unpaired) electrons. The minimum absolute atomic E-state index is 0.127. The third-order valence-corrected chi connectivity index (χ3v) is 3.89. The van der Waals surface area contributed by atoms with Gasteiger partial charge in [0.25, 0.3) is 5.69 Å². The van der Waals surface area contributed by atoms with Crippen molar-refractivity contribution in [2.75, 3.05) is 12.5 Å². The molecule has 0 atom stereocenters. The Balaban J connectivity index is 2.61. The SMILES string of the molecule is CSCc1c(SC)[nH]c2cc([N+](=O)[O-])ccc12. The molecule has 1 aromatic heterocycles. The highest BCUT2D eigenvalue weighted by Gasteiger charge is 2.13. The lowest BCUT2D eigenvalue weighted by Crippen LogP contribution is -1.86. The van der Waals surface area contributed by atoms with E-state index in [-0.39, 0.29) is 10.6 Å². The van der Waals surface area contributed by atoms with E-state index in [0.29, 0.717) is 0 Å². The first-order valence-electron chi connectivity index (χ1n) is 4.99. The van der Waals surface area contributed by atoms with Gasteiger partial charge in [-0.15, -0.1) is 11.8 Å². The predicted octanol–water partition coefficient (Wildman–Crippen LogP) is 3.66. The van der Waals surface area contributed by atoms with Gasteiger partial charge in [-0.25, -0.2) is 0 Å². The summed E-state index contributed by atoms with van der Waals surface area (Å²) in [4.78, 5) is 13.6. The van der Waals surface area contributed by atoms with Crippen LogP contribution in [0.4, 0.5) is 5.69 Å². The number of aromatic amines is 1. The lowest BCUT2D eigenvalue weighted by atomic mass is 10.2. The topological polar surface area (TPSA) is 58.9 Å². The number of hydrogen-bond donors (Lipinski definition) is 1. The van der Waals surface area contributed by atoms with Crippen molar-refractivity contribution in [1.29, 1.82) is 0 Å². The minimum Gasteiger partial charge on any atom is -0.349 e. The minimum atomic E-state index is -0.368. The van der Waals surface area contributed by atoms with Crippen LogP contribution < -0.4 is 0 Å². The van der Waals surface area contributed by atoms with Gasteiger partial charge in [-0.3, -0.25) is 10.1 Å². The highest BCUT2D eigenvalue weighted by atomic mass is 32.2. The Morgan fingerprint density at radius 1 is 1.41 bits per heavy atom. The number of nitro groups is 1. The second-order valence-electron chi connectivity index (χ2n) is 3.56. The summed E-state index contributed by atoms with van der Waals surface area (Å²) in [5.41, 5.74) is 2.20. The molecule has 4 nitrogen and oxygen atoms in total. The van der Waals surface area contributed by atoms with Gasteiger partial charge in [0.15, 0.2) is 0 Å². The van der Waals surface area contributed by atoms with Gasteiger partial charge in [-0.2, -0.15) is 11.8 Å². The van der Waals surface area contributed by atoms with E-state index in [9.17, 15) is 10.1 Å². The van der Waals surface area contributed by atoms with Crippen LogP contribution in [0.1, 0.15) is 5.56 Å². The van der Waals surface area contributed by atoms with E-state index in [1.807, 2.05) is 18.6 Å². The summed E-state index contributed by atoms with van der Waals surface area (Å²) in [6, 6.07) is 4.98. The van der Waals surface area contributed by atoms with Crippen LogP contribution >= 0.6 is 23.5 Å². The zero-order chi connectivity index (χ0) is 12.4. The zero-order valence-corrected chi connectivity index (χ0v) is 11.2. The van der Waals surface area contributed by atoms with Gasteiger partial charge in [0.05, 0.1) is 15.5 Å². The molecule has 1 aromatic carbocycles. The molecule has 6 heteroatoms. The lowest BCUT2D eigenvalue weighted by molar-refractivity contribution is -0.384. The molecule has 0 aliphatic heterocycles. The second-order valence-corrected chi connectivity index (χ2v) is 5.24. The molecule has 1 heterocycles. The van der Waals surface area contributed by atoms with Crippen molar-refractivity contribution in [2.45, 2.75) is 10.8 Å². The average Bonchev–Trinajstić information content (AvgIpc) is 2.67. The molecular formula is C11H12N2O2S2. The largest absolute Gasteiger partial charge is 0.349 e. The van der Waals surface area contributed by atoms with Crippen molar-refractivity contribution < 1.29 is 4.92 Å². The number of nitrogens with one attached hydrogen (secondary N) is 1. The van der Waals surface area contributed by atoms with Crippen molar-refractivity contribution in [1.82, 2.24) is 4.98 Å². The van der Waals surface area contributed by atoms with E-state index in [1.54, 1.807) is 35.7 Å². The molecule has 2 rings (SSSR count). The number of aromatic nitrogens is 1. The maximum absolute atomic E-state index is 10.7. The molecule has 17 heavy (non-hydrogen) atoms. The predicted molar refractivity (Wildman–Crippen MR) is 74.0 cm³/mol. The number of rotatable bonds is 4. The summed E-state index contributed by atoms with van der Waals surface area (Å²) in [6.45, 7) is 0. The Morgan fingerprint density at radius 2 is 2.18 bits per heavy atom. The maximum atomic E-state index is 10.7. The van der Waals surface area contributed by atoms with E-state index >= 15 is 0 Å². The summed E-state index contributed by atoms with van der Waals surface area (Å²) >= 11 is 3.38. The smallest absolute Gasteiger partial charge is 0.271 e. The summed E-state index contributed by atoms with van der Waals surface area (Å²) in [6.07, 6.45) is 4.05. The molecule has 0 aliphatic carbocycles. The van der Waals surface area contributed by atoms with Gasteiger partial charge in [-0.1, -0.05) is 0 Å². The third kappa shape index (κ3) is 2.28. The van der Waals surface area contributed by atoms with Crippen molar-refractivity contribution >= 4 is 40.1 Å². The highest BCUT2D eigenvalue weighted by Crippen LogP contribution is 2.32. The normalized spacial score (nSPS) is 10.9. The molecule has 0 fully saturated rings. The van der Waals surface area contributed by atoms with Gasteiger partial charge in [0.2, 0.25) is 0 Å². The van der Waals surface area contributed by atoms with Crippen LogP contribution in [0.25, 0.3) is 10.9 Å². The molecule has 0 spiro atoms. The monoisotopic (exact) mass is 268 g/mol. The number of H-pyrrole nitrogens is 1. The van der Waals surface area contributed by atoms with Crippen molar-refractivity contribution in [3.8, 4) is 0 Å². The lowest BCUT2D eigenvalue weighted by Gasteiger charge is -1.99.